The first-order chi connectivity index (χ1) is 12.2. The van der Waals surface area contributed by atoms with E-state index in [4.69, 9.17) is 0 Å². The Labute approximate surface area is 156 Å². The van der Waals surface area contributed by atoms with Crippen molar-refractivity contribution < 1.29 is 29.7 Å². The van der Waals surface area contributed by atoms with Crippen LogP contribution in [0.2, 0.25) is 0 Å². The molecule has 1 rings (SSSR count). The third kappa shape index (κ3) is 5.21. The molecule has 1 fully saturated rings. The predicted octanol–water partition coefficient (Wildman–Crippen LogP) is 4.56. The molecule has 0 aliphatic heterocycles. The number of carboxylic acids is 3. The standard InChI is InChI=1S/C20H34O6/c1-3-5-15-6-11-19(12-7-16(21)22,13-8-17(23)24)20(15,10-4-2)14-9-18(25)26/h15H,3-14H2,1-2H3,(H,21,22)(H,23,24)(H,25,26). The largest absolute Gasteiger partial charge is 0.481 e. The van der Waals surface area contributed by atoms with Gasteiger partial charge in [0.15, 0.2) is 0 Å². The van der Waals surface area contributed by atoms with Crippen molar-refractivity contribution in [1.29, 1.82) is 0 Å². The zero-order valence-electron chi connectivity index (χ0n) is 16.1. The predicted molar refractivity (Wildman–Crippen MR) is 98.0 cm³/mol. The summed E-state index contributed by atoms with van der Waals surface area (Å²) in [6.45, 7) is 4.19. The maximum atomic E-state index is 11.3. The maximum absolute atomic E-state index is 11.3. The van der Waals surface area contributed by atoms with Crippen LogP contribution in [0.5, 0.6) is 0 Å². The highest BCUT2D eigenvalue weighted by molar-refractivity contribution is 5.68. The summed E-state index contributed by atoms with van der Waals surface area (Å²) in [5, 5.41) is 27.8. The molecule has 2 atom stereocenters. The van der Waals surface area contributed by atoms with Gasteiger partial charge in [0, 0.05) is 19.3 Å². The van der Waals surface area contributed by atoms with Crippen LogP contribution in [-0.4, -0.2) is 33.2 Å². The molecular weight excluding hydrogens is 336 g/mol. The van der Waals surface area contributed by atoms with Gasteiger partial charge in [-0.2, -0.15) is 0 Å². The molecule has 6 heteroatoms. The van der Waals surface area contributed by atoms with Crippen molar-refractivity contribution in [1.82, 2.24) is 0 Å². The molecule has 0 radical (unpaired) electrons. The van der Waals surface area contributed by atoms with E-state index >= 15 is 0 Å². The lowest BCUT2D eigenvalue weighted by molar-refractivity contribution is -0.143. The normalized spacial score (nSPS) is 24.5. The second kappa shape index (κ2) is 9.93. The van der Waals surface area contributed by atoms with E-state index in [0.717, 1.165) is 38.5 Å². The average molecular weight is 370 g/mol. The second-order valence-corrected chi connectivity index (χ2v) is 7.89. The zero-order valence-corrected chi connectivity index (χ0v) is 16.1. The fraction of sp³-hybridized carbons (Fsp3) is 0.850. The molecule has 0 saturated heterocycles. The van der Waals surface area contributed by atoms with Gasteiger partial charge in [-0.3, -0.25) is 14.4 Å². The SMILES string of the molecule is CCCC1CCC(CCC(=O)O)(CCC(=O)O)C1(CCC)CCC(=O)O. The molecule has 0 aromatic heterocycles. The molecular formula is C20H34O6. The van der Waals surface area contributed by atoms with Crippen LogP contribution in [-0.2, 0) is 14.4 Å². The van der Waals surface area contributed by atoms with Gasteiger partial charge < -0.3 is 15.3 Å². The maximum Gasteiger partial charge on any atom is 0.303 e. The summed E-state index contributed by atoms with van der Waals surface area (Å²) in [7, 11) is 0. The zero-order chi connectivity index (χ0) is 19.8. The molecule has 3 N–H and O–H groups in total. The molecule has 0 aromatic carbocycles. The van der Waals surface area contributed by atoms with E-state index in [2.05, 4.69) is 13.8 Å². The molecule has 1 saturated carbocycles. The summed E-state index contributed by atoms with van der Waals surface area (Å²) in [5.74, 6) is -2.24. The van der Waals surface area contributed by atoms with Crippen LogP contribution < -0.4 is 0 Å². The van der Waals surface area contributed by atoms with Gasteiger partial charge in [-0.1, -0.05) is 33.1 Å². The molecule has 0 amide bonds. The van der Waals surface area contributed by atoms with Gasteiger partial charge in [-0.15, -0.1) is 0 Å². The summed E-state index contributed by atoms with van der Waals surface area (Å²) in [5.41, 5.74) is -0.671. The highest BCUT2D eigenvalue weighted by Crippen LogP contribution is 2.66. The molecule has 0 spiro atoms. The number of hydrogen-bond donors (Lipinski definition) is 3. The highest BCUT2D eigenvalue weighted by Gasteiger charge is 2.57. The fourth-order valence-corrected chi connectivity index (χ4v) is 5.58. The molecule has 1 aliphatic carbocycles. The van der Waals surface area contributed by atoms with Crippen LogP contribution >= 0.6 is 0 Å². The van der Waals surface area contributed by atoms with Gasteiger partial charge in [0.05, 0.1) is 0 Å². The van der Waals surface area contributed by atoms with Gasteiger partial charge in [0.1, 0.15) is 0 Å². The highest BCUT2D eigenvalue weighted by atomic mass is 16.4. The monoisotopic (exact) mass is 370 g/mol. The molecule has 0 heterocycles. The van der Waals surface area contributed by atoms with E-state index in [1.54, 1.807) is 0 Å². The van der Waals surface area contributed by atoms with Crippen molar-refractivity contribution in [3.63, 3.8) is 0 Å². The first-order valence-corrected chi connectivity index (χ1v) is 9.88. The Hall–Kier alpha value is -1.59. The van der Waals surface area contributed by atoms with Gasteiger partial charge >= 0.3 is 17.9 Å². The lowest BCUT2D eigenvalue weighted by Gasteiger charge is -2.50. The van der Waals surface area contributed by atoms with Gasteiger partial charge in [-0.25, -0.2) is 0 Å². The molecule has 150 valence electrons. The molecule has 0 bridgehead atoms. The summed E-state index contributed by atoms with van der Waals surface area (Å²) in [4.78, 5) is 33.9. The van der Waals surface area contributed by atoms with Crippen LogP contribution in [0.1, 0.15) is 90.9 Å². The lowest BCUT2D eigenvalue weighted by Crippen LogP contribution is -2.43. The third-order valence-electron chi connectivity index (χ3n) is 6.56. The van der Waals surface area contributed by atoms with Gasteiger partial charge in [0.25, 0.3) is 0 Å². The van der Waals surface area contributed by atoms with Crippen LogP contribution in [0.4, 0.5) is 0 Å². The lowest BCUT2D eigenvalue weighted by atomic mass is 9.54. The van der Waals surface area contributed by atoms with Crippen molar-refractivity contribution in [2.45, 2.75) is 90.9 Å². The molecule has 1 aliphatic rings. The topological polar surface area (TPSA) is 112 Å². The first kappa shape index (κ1) is 22.5. The van der Waals surface area contributed by atoms with Gasteiger partial charge in [0.2, 0.25) is 0 Å². The van der Waals surface area contributed by atoms with Crippen molar-refractivity contribution in [3.8, 4) is 0 Å². The summed E-state index contributed by atoms with van der Waals surface area (Å²) >= 11 is 0. The van der Waals surface area contributed by atoms with Crippen molar-refractivity contribution in [2.75, 3.05) is 0 Å². The number of aliphatic carboxylic acids is 3. The Kier molecular flexibility index (Phi) is 8.57. The Morgan fingerprint density at radius 3 is 1.73 bits per heavy atom. The number of carbonyl (C=O) groups is 3. The van der Waals surface area contributed by atoms with Crippen LogP contribution in [0.3, 0.4) is 0 Å². The van der Waals surface area contributed by atoms with Crippen LogP contribution in [0.25, 0.3) is 0 Å². The van der Waals surface area contributed by atoms with E-state index in [0.29, 0.717) is 25.2 Å². The minimum atomic E-state index is -0.873. The van der Waals surface area contributed by atoms with Gasteiger partial charge in [-0.05, 0) is 55.3 Å². The minimum absolute atomic E-state index is 0.0109. The summed E-state index contributed by atoms with van der Waals surface area (Å²) < 4.78 is 0. The number of carboxylic acid groups (broad SMARTS) is 3. The number of hydrogen-bond acceptors (Lipinski definition) is 3. The first-order valence-electron chi connectivity index (χ1n) is 9.88. The summed E-state index contributed by atoms with van der Waals surface area (Å²) in [6, 6.07) is 0. The third-order valence-corrected chi connectivity index (χ3v) is 6.56. The smallest absolute Gasteiger partial charge is 0.303 e. The van der Waals surface area contributed by atoms with E-state index in [1.165, 1.54) is 0 Å². The second-order valence-electron chi connectivity index (χ2n) is 7.89. The molecule has 0 aromatic rings. The Morgan fingerprint density at radius 2 is 1.31 bits per heavy atom. The van der Waals surface area contributed by atoms with E-state index < -0.39 is 23.3 Å². The Morgan fingerprint density at radius 1 is 0.808 bits per heavy atom. The van der Waals surface area contributed by atoms with E-state index in [9.17, 15) is 29.7 Å². The number of rotatable bonds is 13. The average Bonchev–Trinajstić information content (AvgIpc) is 2.85. The Balaban J connectivity index is 3.33. The van der Waals surface area contributed by atoms with E-state index in [1.807, 2.05) is 0 Å². The fourth-order valence-electron chi connectivity index (χ4n) is 5.58. The Bertz CT molecular complexity index is 483. The van der Waals surface area contributed by atoms with E-state index in [-0.39, 0.29) is 24.7 Å². The molecule has 6 nitrogen and oxygen atoms in total. The van der Waals surface area contributed by atoms with Crippen molar-refractivity contribution >= 4 is 17.9 Å². The molecule has 2 unspecified atom stereocenters. The quantitative estimate of drug-likeness (QED) is 0.438. The van der Waals surface area contributed by atoms with Crippen molar-refractivity contribution in [3.05, 3.63) is 0 Å². The van der Waals surface area contributed by atoms with Crippen molar-refractivity contribution in [2.24, 2.45) is 16.7 Å². The van der Waals surface area contributed by atoms with Crippen LogP contribution in [0.15, 0.2) is 0 Å². The summed E-state index contributed by atoms with van der Waals surface area (Å²) in [6.07, 6.45) is 6.93. The minimum Gasteiger partial charge on any atom is -0.481 e. The molecule has 26 heavy (non-hydrogen) atoms. The van der Waals surface area contributed by atoms with Crippen LogP contribution in [0, 0.1) is 16.7 Å².